The van der Waals surface area contributed by atoms with Crippen molar-refractivity contribution in [2.45, 2.75) is 13.8 Å². The van der Waals surface area contributed by atoms with E-state index in [0.29, 0.717) is 0 Å². The van der Waals surface area contributed by atoms with Crippen LogP contribution < -0.4 is 0 Å². The number of nitrogens with zero attached hydrogens (tertiary/aromatic N) is 1. The molecular formula is C4H12BN. The van der Waals surface area contributed by atoms with Gasteiger partial charge in [-0.15, -0.1) is 0 Å². The molecule has 0 amide bonds. The lowest BCUT2D eigenvalue weighted by atomic mass is 10.4. The molecule has 0 heterocycles. The number of hydrogen-bond donors (Lipinski definition) is 0. The van der Waals surface area contributed by atoms with Crippen LogP contribution in [0, 0.1) is 0 Å². The van der Waals surface area contributed by atoms with E-state index in [0.717, 1.165) is 0 Å². The Morgan fingerprint density at radius 1 is 1.17 bits per heavy atom. The van der Waals surface area contributed by atoms with E-state index in [2.05, 4.69) is 0 Å². The Kier molecular flexibility index (Phi) is 13.9. The van der Waals surface area contributed by atoms with E-state index in [4.69, 9.17) is 7.98 Å². The maximum atomic E-state index is 4.94. The van der Waals surface area contributed by atoms with Crippen molar-refractivity contribution in [2.75, 3.05) is 14.1 Å². The molecule has 2 radical (unpaired) electrons. The van der Waals surface area contributed by atoms with Crippen LogP contribution >= 0.6 is 0 Å². The minimum atomic E-state index is 1.50. The summed E-state index contributed by atoms with van der Waals surface area (Å²) in [6.07, 6.45) is 0. The van der Waals surface area contributed by atoms with Gasteiger partial charge in [-0.1, -0.05) is 13.8 Å². The van der Waals surface area contributed by atoms with Crippen LogP contribution in [0.2, 0.25) is 0 Å². The minimum Gasteiger partial charge on any atom is -0.359 e. The highest BCUT2D eigenvalue weighted by Gasteiger charge is 1.59. The molecule has 0 aromatic carbocycles. The van der Waals surface area contributed by atoms with E-state index in [1.165, 1.54) is 4.81 Å². The van der Waals surface area contributed by atoms with Crippen LogP contribution in [0.4, 0.5) is 0 Å². The number of rotatable bonds is 0. The molecule has 0 fully saturated rings. The van der Waals surface area contributed by atoms with E-state index in [-0.39, 0.29) is 0 Å². The second kappa shape index (κ2) is 8.90. The molecule has 0 saturated heterocycles. The van der Waals surface area contributed by atoms with E-state index in [1.54, 1.807) is 14.1 Å². The molecule has 0 aromatic rings. The molecule has 36 valence electrons. The molecule has 1 nitrogen and oxygen atoms in total. The first kappa shape index (κ1) is 9.39. The molecule has 0 saturated carbocycles. The van der Waals surface area contributed by atoms with Crippen LogP contribution in [0.15, 0.2) is 0 Å². The van der Waals surface area contributed by atoms with Gasteiger partial charge in [0.1, 0.15) is 0 Å². The molecule has 0 atom stereocenters. The molecular weight excluding hydrogens is 72.9 g/mol. The quantitative estimate of drug-likeness (QED) is 0.390. The fourth-order valence-corrected chi connectivity index (χ4v) is 0. The van der Waals surface area contributed by atoms with Crippen molar-refractivity contribution >= 4 is 7.98 Å². The highest BCUT2D eigenvalue weighted by Crippen LogP contribution is 1.44. The molecule has 0 aromatic heterocycles. The maximum absolute atomic E-state index is 4.94. The maximum Gasteiger partial charge on any atom is 0.181 e. The van der Waals surface area contributed by atoms with Crippen molar-refractivity contribution in [3.05, 3.63) is 0 Å². The smallest absolute Gasteiger partial charge is 0.181 e. The van der Waals surface area contributed by atoms with Crippen molar-refractivity contribution in [2.24, 2.45) is 0 Å². The van der Waals surface area contributed by atoms with Gasteiger partial charge in [0, 0.05) is 0 Å². The lowest BCUT2D eigenvalue weighted by Crippen LogP contribution is -2.02. The summed E-state index contributed by atoms with van der Waals surface area (Å²) < 4.78 is 0. The molecule has 0 aliphatic heterocycles. The normalized spacial score (nSPS) is 6.83. The molecule has 2 heteroatoms. The van der Waals surface area contributed by atoms with Crippen LogP contribution in [0.25, 0.3) is 0 Å². The zero-order chi connectivity index (χ0) is 5.58. The van der Waals surface area contributed by atoms with E-state index < -0.39 is 0 Å². The Labute approximate surface area is 41.8 Å². The summed E-state index contributed by atoms with van der Waals surface area (Å²) in [6.45, 7) is 4.00. The third-order valence-corrected chi connectivity index (χ3v) is 0. The zero-order valence-electron chi connectivity index (χ0n) is 5.02. The van der Waals surface area contributed by atoms with Crippen molar-refractivity contribution in [3.8, 4) is 0 Å². The summed E-state index contributed by atoms with van der Waals surface area (Å²) >= 11 is 0. The summed E-state index contributed by atoms with van der Waals surface area (Å²) in [5.41, 5.74) is 0. The van der Waals surface area contributed by atoms with Crippen molar-refractivity contribution in [3.63, 3.8) is 0 Å². The van der Waals surface area contributed by atoms with E-state index in [1.807, 2.05) is 13.8 Å². The highest BCUT2D eigenvalue weighted by molar-refractivity contribution is 6.03. The van der Waals surface area contributed by atoms with Crippen LogP contribution in [-0.4, -0.2) is 26.9 Å². The van der Waals surface area contributed by atoms with Gasteiger partial charge in [0.2, 0.25) is 0 Å². The van der Waals surface area contributed by atoms with E-state index >= 15 is 0 Å². The minimum absolute atomic E-state index is 1.50. The molecule has 0 aliphatic rings. The molecule has 0 unspecified atom stereocenters. The second-order valence-corrected chi connectivity index (χ2v) is 0.964. The van der Waals surface area contributed by atoms with Gasteiger partial charge in [-0.2, -0.15) is 0 Å². The summed E-state index contributed by atoms with van der Waals surface area (Å²) in [4.78, 5) is 1.50. The largest absolute Gasteiger partial charge is 0.359 e. The van der Waals surface area contributed by atoms with Gasteiger partial charge in [-0.25, -0.2) is 0 Å². The first-order valence-corrected chi connectivity index (χ1v) is 2.15. The van der Waals surface area contributed by atoms with Crippen LogP contribution in [0.1, 0.15) is 13.8 Å². The number of hydrogen-bond acceptors (Lipinski definition) is 1. The average Bonchev–Trinajstić information content (AvgIpc) is 1.41. The van der Waals surface area contributed by atoms with E-state index in [9.17, 15) is 0 Å². The predicted molar refractivity (Wildman–Crippen MR) is 30.8 cm³/mol. The Morgan fingerprint density at radius 2 is 1.17 bits per heavy atom. The lowest BCUT2D eigenvalue weighted by molar-refractivity contribution is 0.679. The van der Waals surface area contributed by atoms with Gasteiger partial charge in [0.05, 0.1) is 0 Å². The Morgan fingerprint density at radius 3 is 1.17 bits per heavy atom. The SMILES string of the molecule is CC.[B]N(C)C. The fraction of sp³-hybridized carbons (Fsp3) is 1.00. The van der Waals surface area contributed by atoms with Gasteiger partial charge in [-0.05, 0) is 14.1 Å². The molecule has 0 spiro atoms. The lowest BCUT2D eigenvalue weighted by Gasteiger charge is -1.90. The third-order valence-electron chi connectivity index (χ3n) is 0. The zero-order valence-corrected chi connectivity index (χ0v) is 5.02. The van der Waals surface area contributed by atoms with Gasteiger partial charge in [0.25, 0.3) is 0 Å². The van der Waals surface area contributed by atoms with Gasteiger partial charge in [0.15, 0.2) is 7.98 Å². The second-order valence-electron chi connectivity index (χ2n) is 0.964. The Hall–Kier alpha value is 0.0249. The summed E-state index contributed by atoms with van der Waals surface area (Å²) in [5, 5.41) is 0. The molecule has 0 rings (SSSR count). The fourth-order valence-electron chi connectivity index (χ4n) is 0. The average molecular weight is 85.0 g/mol. The van der Waals surface area contributed by atoms with Gasteiger partial charge < -0.3 is 4.81 Å². The van der Waals surface area contributed by atoms with Crippen LogP contribution in [0.5, 0.6) is 0 Å². The Bertz CT molecular complexity index is 12.3. The molecule has 0 bridgehead atoms. The first-order valence-electron chi connectivity index (χ1n) is 2.15. The van der Waals surface area contributed by atoms with Crippen molar-refractivity contribution in [1.29, 1.82) is 0 Å². The van der Waals surface area contributed by atoms with Crippen LogP contribution in [0.3, 0.4) is 0 Å². The van der Waals surface area contributed by atoms with Gasteiger partial charge in [-0.3, -0.25) is 0 Å². The standard InChI is InChI=1S/C2H6BN.C2H6/c1-4(2)3;1-2/h1-2H3;1-2H3. The highest BCUT2D eigenvalue weighted by atomic mass is 14.9. The predicted octanol–water partition coefficient (Wildman–Crippen LogP) is 0.658. The third kappa shape index (κ3) is 59200. The Balaban J connectivity index is 0. The summed E-state index contributed by atoms with van der Waals surface area (Å²) in [5.74, 6) is 0. The summed E-state index contributed by atoms with van der Waals surface area (Å²) in [6, 6.07) is 0. The first-order chi connectivity index (χ1) is 2.73. The van der Waals surface area contributed by atoms with Crippen LogP contribution in [-0.2, 0) is 0 Å². The van der Waals surface area contributed by atoms with Gasteiger partial charge >= 0.3 is 0 Å². The molecule has 6 heavy (non-hydrogen) atoms. The molecule has 0 aliphatic carbocycles. The summed E-state index contributed by atoms with van der Waals surface area (Å²) in [7, 11) is 8.50. The molecule has 0 N–H and O–H groups in total. The topological polar surface area (TPSA) is 3.24 Å². The monoisotopic (exact) mass is 85.1 g/mol. The van der Waals surface area contributed by atoms with Crippen molar-refractivity contribution < 1.29 is 0 Å². The van der Waals surface area contributed by atoms with Crippen molar-refractivity contribution in [1.82, 2.24) is 4.81 Å².